The first-order chi connectivity index (χ1) is 14.2. The van der Waals surface area contributed by atoms with Crippen LogP contribution in [0.5, 0.6) is 0 Å². The molecule has 0 aliphatic carbocycles. The Bertz CT molecular complexity index is 650. The van der Waals surface area contributed by atoms with E-state index >= 15 is 0 Å². The Morgan fingerprint density at radius 1 is 0.467 bits per heavy atom. The predicted octanol–water partition coefficient (Wildman–Crippen LogP) is 6.68. The Kier molecular flexibility index (Phi) is 9.52. The van der Waals surface area contributed by atoms with E-state index in [1.54, 1.807) is 0 Å². The average Bonchev–Trinajstić information content (AvgIpc) is 2.69. The minimum atomic E-state index is 0.245. The lowest BCUT2D eigenvalue weighted by Gasteiger charge is -2.17. The van der Waals surface area contributed by atoms with Crippen LogP contribution in [0.3, 0.4) is 0 Å². The smallest absolute Gasteiger partial charge is 0.169 e. The van der Waals surface area contributed by atoms with E-state index in [4.69, 9.17) is 0 Å². The molecule has 0 bridgehead atoms. The van der Waals surface area contributed by atoms with Crippen molar-refractivity contribution in [2.24, 2.45) is 0 Å². The largest absolute Gasteiger partial charge is 0.205 e. The molecule has 0 saturated heterocycles. The lowest BCUT2D eigenvalue weighted by atomic mass is 9.88. The van der Waals surface area contributed by atoms with Gasteiger partial charge in [-0.2, -0.15) is 0 Å². The topological polar surface area (TPSA) is 7.76 Å². The average molecular weight is 411 g/mol. The summed E-state index contributed by atoms with van der Waals surface area (Å²) in [6, 6.07) is 9.10. The molecule has 0 aliphatic heterocycles. The Morgan fingerprint density at radius 3 is 1.00 bits per heavy atom. The molecule has 0 spiro atoms. The van der Waals surface area contributed by atoms with E-state index in [0.29, 0.717) is 0 Å². The van der Waals surface area contributed by atoms with Crippen molar-refractivity contribution in [2.45, 2.75) is 117 Å². The summed E-state index contributed by atoms with van der Waals surface area (Å²) in [5.41, 5.74) is 3.32. The van der Waals surface area contributed by atoms with Crippen LogP contribution in [0, 0.1) is 0 Å². The zero-order chi connectivity index (χ0) is 22.0. The van der Waals surface area contributed by atoms with E-state index in [9.17, 15) is 0 Å². The molecule has 2 rings (SSSR count). The molecule has 0 N–H and O–H groups in total. The highest BCUT2D eigenvalue weighted by Gasteiger charge is 2.15. The fourth-order valence-corrected chi connectivity index (χ4v) is 3.86. The fourth-order valence-electron chi connectivity index (χ4n) is 3.86. The van der Waals surface area contributed by atoms with Gasteiger partial charge in [0, 0.05) is 37.1 Å². The van der Waals surface area contributed by atoms with E-state index in [0.717, 1.165) is 13.1 Å². The molecule has 0 aromatic carbocycles. The minimum Gasteiger partial charge on any atom is -0.205 e. The summed E-state index contributed by atoms with van der Waals surface area (Å²) in [5, 5.41) is 0. The van der Waals surface area contributed by atoms with Crippen molar-refractivity contribution in [1.82, 2.24) is 0 Å². The monoisotopic (exact) mass is 410 g/mol. The molecule has 0 unspecified atom stereocenters. The third-order valence-corrected chi connectivity index (χ3v) is 6.10. The number of rotatable bonds is 11. The highest BCUT2D eigenvalue weighted by molar-refractivity contribution is 5.18. The SMILES string of the molecule is CC(C)(C)c1cc[n+](CCCCCCCCCC[n+]2ccc(C(C)(C)C)cc2)cc1. The first kappa shape index (κ1) is 24.6. The first-order valence-corrected chi connectivity index (χ1v) is 12.2. The molecule has 0 atom stereocenters. The summed E-state index contributed by atoms with van der Waals surface area (Å²) in [5.74, 6) is 0. The Labute approximate surface area is 186 Å². The van der Waals surface area contributed by atoms with Crippen LogP contribution in [0.15, 0.2) is 49.1 Å². The molecule has 166 valence electrons. The third-order valence-electron chi connectivity index (χ3n) is 6.10. The second kappa shape index (κ2) is 11.6. The third kappa shape index (κ3) is 8.98. The summed E-state index contributed by atoms with van der Waals surface area (Å²) < 4.78 is 4.67. The van der Waals surface area contributed by atoms with Crippen molar-refractivity contribution < 1.29 is 9.13 Å². The summed E-state index contributed by atoms with van der Waals surface area (Å²) >= 11 is 0. The number of nitrogens with zero attached hydrogens (tertiary/aromatic N) is 2. The van der Waals surface area contributed by atoms with Crippen LogP contribution in [0.4, 0.5) is 0 Å². The van der Waals surface area contributed by atoms with Gasteiger partial charge in [-0.15, -0.1) is 0 Å². The summed E-state index contributed by atoms with van der Waals surface area (Å²) in [6.07, 6.45) is 19.8. The minimum absolute atomic E-state index is 0.245. The van der Waals surface area contributed by atoms with Gasteiger partial charge in [0.05, 0.1) is 0 Å². The molecule has 2 aromatic heterocycles. The van der Waals surface area contributed by atoms with Gasteiger partial charge >= 0.3 is 0 Å². The standard InChI is InChI=1S/C28H46N2/c1-27(2,3)25-15-21-29(22-16-25)19-13-11-9-7-8-10-12-14-20-30-23-17-26(18-24-30)28(4,5)6/h15-18,21-24H,7-14,19-20H2,1-6H3/q+2. The quantitative estimate of drug-likeness (QED) is 0.288. The summed E-state index contributed by atoms with van der Waals surface area (Å²) in [4.78, 5) is 0. The first-order valence-electron chi connectivity index (χ1n) is 12.2. The van der Waals surface area contributed by atoms with Crippen LogP contribution in [-0.4, -0.2) is 0 Å². The predicted molar refractivity (Wildman–Crippen MR) is 128 cm³/mol. The molecule has 2 heterocycles. The number of hydrogen-bond donors (Lipinski definition) is 0. The lowest BCUT2D eigenvalue weighted by Crippen LogP contribution is -2.33. The maximum atomic E-state index is 2.33. The van der Waals surface area contributed by atoms with Gasteiger partial charge in [-0.25, -0.2) is 9.13 Å². The second-order valence-corrected chi connectivity index (χ2v) is 11.0. The van der Waals surface area contributed by atoms with Gasteiger partial charge < -0.3 is 0 Å². The van der Waals surface area contributed by atoms with E-state index in [1.807, 2.05) is 0 Å². The van der Waals surface area contributed by atoms with E-state index in [1.165, 1.54) is 62.5 Å². The van der Waals surface area contributed by atoms with Gasteiger partial charge in [0.2, 0.25) is 0 Å². The molecule has 0 fully saturated rings. The highest BCUT2D eigenvalue weighted by Crippen LogP contribution is 2.21. The van der Waals surface area contributed by atoms with Gasteiger partial charge in [0.1, 0.15) is 13.1 Å². The van der Waals surface area contributed by atoms with Gasteiger partial charge in [-0.3, -0.25) is 0 Å². The second-order valence-electron chi connectivity index (χ2n) is 11.0. The van der Waals surface area contributed by atoms with Crippen molar-refractivity contribution >= 4 is 0 Å². The van der Waals surface area contributed by atoms with Crippen LogP contribution < -0.4 is 9.13 Å². The van der Waals surface area contributed by atoms with E-state index < -0.39 is 0 Å². The number of unbranched alkanes of at least 4 members (excludes halogenated alkanes) is 7. The van der Waals surface area contributed by atoms with Gasteiger partial charge in [-0.1, -0.05) is 67.2 Å². The van der Waals surface area contributed by atoms with Crippen molar-refractivity contribution in [2.75, 3.05) is 0 Å². The van der Waals surface area contributed by atoms with Crippen molar-refractivity contribution in [3.63, 3.8) is 0 Å². The van der Waals surface area contributed by atoms with Crippen LogP contribution >= 0.6 is 0 Å². The van der Waals surface area contributed by atoms with E-state index in [2.05, 4.69) is 99.7 Å². The van der Waals surface area contributed by atoms with Crippen LogP contribution in [0.2, 0.25) is 0 Å². The molecule has 2 aromatic rings. The molecular formula is C28H46N2+2. The molecular weight excluding hydrogens is 364 g/mol. The zero-order valence-corrected chi connectivity index (χ0v) is 20.6. The molecule has 2 heteroatoms. The molecule has 30 heavy (non-hydrogen) atoms. The fraction of sp³-hybridized carbons (Fsp3) is 0.643. The molecule has 0 saturated carbocycles. The highest BCUT2D eigenvalue weighted by atomic mass is 14.9. The van der Waals surface area contributed by atoms with Crippen molar-refractivity contribution in [3.8, 4) is 0 Å². The van der Waals surface area contributed by atoms with Gasteiger partial charge in [0.15, 0.2) is 24.8 Å². The molecule has 0 amide bonds. The molecule has 0 aliphatic rings. The maximum Gasteiger partial charge on any atom is 0.169 e. The zero-order valence-electron chi connectivity index (χ0n) is 20.6. The van der Waals surface area contributed by atoms with Crippen LogP contribution in [0.25, 0.3) is 0 Å². The van der Waals surface area contributed by atoms with Crippen molar-refractivity contribution in [1.29, 1.82) is 0 Å². The van der Waals surface area contributed by atoms with E-state index in [-0.39, 0.29) is 10.8 Å². The number of aryl methyl sites for hydroxylation is 2. The Morgan fingerprint density at radius 2 is 0.733 bits per heavy atom. The number of pyridine rings is 2. The Hall–Kier alpha value is -1.70. The lowest BCUT2D eigenvalue weighted by molar-refractivity contribution is -0.697. The summed E-state index contributed by atoms with van der Waals surface area (Å²) in [6.45, 7) is 15.9. The normalized spacial score (nSPS) is 12.3. The number of hydrogen-bond acceptors (Lipinski definition) is 0. The number of aromatic nitrogens is 2. The molecule has 2 nitrogen and oxygen atoms in total. The van der Waals surface area contributed by atoms with Gasteiger partial charge in [-0.05, 0) is 34.8 Å². The van der Waals surface area contributed by atoms with Crippen LogP contribution in [-0.2, 0) is 23.9 Å². The van der Waals surface area contributed by atoms with Crippen LogP contribution in [0.1, 0.15) is 104 Å². The van der Waals surface area contributed by atoms with Gasteiger partial charge in [0.25, 0.3) is 0 Å². The maximum absolute atomic E-state index is 2.33. The molecule has 0 radical (unpaired) electrons. The summed E-state index contributed by atoms with van der Waals surface area (Å²) in [7, 11) is 0. The van der Waals surface area contributed by atoms with Crippen molar-refractivity contribution in [3.05, 3.63) is 60.2 Å². The Balaban J connectivity index is 1.47.